The third kappa shape index (κ3) is 3.82. The fourth-order valence-corrected chi connectivity index (χ4v) is 3.69. The quantitative estimate of drug-likeness (QED) is 0.730. The molecule has 2 aromatic heterocycles. The van der Waals surface area contributed by atoms with E-state index < -0.39 is 11.5 Å². The lowest BCUT2D eigenvalue weighted by molar-refractivity contribution is 0.0945. The van der Waals surface area contributed by atoms with E-state index >= 15 is 0 Å². The molecular weight excluding hydrogens is 354 g/mol. The zero-order valence-electron chi connectivity index (χ0n) is 15.8. The van der Waals surface area contributed by atoms with Crippen LogP contribution in [0.3, 0.4) is 0 Å². The molecule has 1 aromatic carbocycles. The Morgan fingerprint density at radius 3 is 2.96 bits per heavy atom. The van der Waals surface area contributed by atoms with Crippen LogP contribution in [0.25, 0.3) is 10.9 Å². The van der Waals surface area contributed by atoms with Gasteiger partial charge in [-0.25, -0.2) is 4.79 Å². The summed E-state index contributed by atoms with van der Waals surface area (Å²) in [5, 5.41) is 7.13. The van der Waals surface area contributed by atoms with Crippen LogP contribution in [0.1, 0.15) is 46.0 Å². The summed E-state index contributed by atoms with van der Waals surface area (Å²) in [6.45, 7) is 3.86. The number of hydrogen-bond acceptors (Lipinski definition) is 5. The number of piperidine rings is 1. The third-order valence-corrected chi connectivity index (χ3v) is 5.19. The van der Waals surface area contributed by atoms with E-state index in [4.69, 9.17) is 4.42 Å². The van der Waals surface area contributed by atoms with Crippen LogP contribution in [0.5, 0.6) is 0 Å². The third-order valence-electron chi connectivity index (χ3n) is 5.19. The minimum Gasteiger partial charge on any atom is -0.427 e. The molecule has 1 aliphatic rings. The highest BCUT2D eigenvalue weighted by Crippen LogP contribution is 2.23. The lowest BCUT2D eigenvalue weighted by Gasteiger charge is -2.22. The molecule has 1 saturated heterocycles. The summed E-state index contributed by atoms with van der Waals surface area (Å²) in [4.78, 5) is 29.5. The Labute approximate surface area is 163 Å². The molecule has 2 N–H and O–H groups in total. The Morgan fingerprint density at radius 1 is 1.32 bits per heavy atom. The summed E-state index contributed by atoms with van der Waals surface area (Å²) in [5.41, 5.74) is 1.92. The zero-order chi connectivity index (χ0) is 19.5. The predicted octanol–water partition coefficient (Wildman–Crippen LogP) is 2.89. The Bertz CT molecular complexity index is 1070. The number of carbonyl (C=O) groups excluding carboxylic acids is 1. The van der Waals surface area contributed by atoms with E-state index in [9.17, 15) is 9.59 Å². The SMILES string of the molecule is Cc1cc(C2CCCNC2)oc(=O)c1C(=O)NCc1cnc2ccccc2c1. The first kappa shape index (κ1) is 18.4. The van der Waals surface area contributed by atoms with Crippen LogP contribution in [0.2, 0.25) is 0 Å². The van der Waals surface area contributed by atoms with Gasteiger partial charge in [-0.15, -0.1) is 0 Å². The van der Waals surface area contributed by atoms with Crippen molar-refractivity contribution >= 4 is 16.8 Å². The number of benzene rings is 1. The highest BCUT2D eigenvalue weighted by molar-refractivity contribution is 5.95. The molecule has 0 saturated carbocycles. The predicted molar refractivity (Wildman–Crippen MR) is 107 cm³/mol. The molecule has 1 amide bonds. The summed E-state index contributed by atoms with van der Waals surface area (Å²) in [6.07, 6.45) is 3.77. The zero-order valence-corrected chi connectivity index (χ0v) is 15.8. The normalized spacial score (nSPS) is 16.8. The Balaban J connectivity index is 1.50. The summed E-state index contributed by atoms with van der Waals surface area (Å²) >= 11 is 0. The number of pyridine rings is 1. The van der Waals surface area contributed by atoms with Crippen molar-refractivity contribution in [1.82, 2.24) is 15.6 Å². The topological polar surface area (TPSA) is 84.2 Å². The molecule has 0 bridgehead atoms. The van der Waals surface area contributed by atoms with Crippen molar-refractivity contribution in [3.8, 4) is 0 Å². The molecule has 0 aliphatic carbocycles. The first-order valence-corrected chi connectivity index (χ1v) is 9.59. The Kier molecular flexibility index (Phi) is 5.21. The first-order chi connectivity index (χ1) is 13.6. The lowest BCUT2D eigenvalue weighted by Crippen LogP contribution is -2.31. The van der Waals surface area contributed by atoms with Gasteiger partial charge in [0.25, 0.3) is 5.91 Å². The fraction of sp³-hybridized carbons (Fsp3) is 0.318. The maximum Gasteiger partial charge on any atom is 0.349 e. The van der Waals surface area contributed by atoms with E-state index in [-0.39, 0.29) is 11.5 Å². The van der Waals surface area contributed by atoms with Crippen molar-refractivity contribution in [1.29, 1.82) is 0 Å². The summed E-state index contributed by atoms with van der Waals surface area (Å²) in [5.74, 6) is 0.415. The van der Waals surface area contributed by atoms with Crippen LogP contribution in [-0.4, -0.2) is 24.0 Å². The van der Waals surface area contributed by atoms with Crippen molar-refractivity contribution in [3.05, 3.63) is 75.5 Å². The van der Waals surface area contributed by atoms with Gasteiger partial charge in [-0.1, -0.05) is 18.2 Å². The van der Waals surface area contributed by atoms with E-state index in [2.05, 4.69) is 15.6 Å². The van der Waals surface area contributed by atoms with Gasteiger partial charge in [-0.3, -0.25) is 9.78 Å². The molecule has 4 rings (SSSR count). The highest BCUT2D eigenvalue weighted by atomic mass is 16.4. The van der Waals surface area contributed by atoms with E-state index in [1.807, 2.05) is 36.4 Å². The lowest BCUT2D eigenvalue weighted by atomic mass is 9.95. The van der Waals surface area contributed by atoms with Crippen molar-refractivity contribution in [2.24, 2.45) is 0 Å². The first-order valence-electron chi connectivity index (χ1n) is 9.59. The molecule has 6 nitrogen and oxygen atoms in total. The molecule has 1 aliphatic heterocycles. The van der Waals surface area contributed by atoms with Gasteiger partial charge in [0.1, 0.15) is 11.3 Å². The largest absolute Gasteiger partial charge is 0.427 e. The Morgan fingerprint density at radius 2 is 2.18 bits per heavy atom. The van der Waals surface area contributed by atoms with Crippen molar-refractivity contribution < 1.29 is 9.21 Å². The van der Waals surface area contributed by atoms with Gasteiger partial charge < -0.3 is 15.1 Å². The van der Waals surface area contributed by atoms with Crippen molar-refractivity contribution in [3.63, 3.8) is 0 Å². The second-order valence-electron chi connectivity index (χ2n) is 7.26. The van der Waals surface area contributed by atoms with Gasteiger partial charge in [0.05, 0.1) is 5.52 Å². The molecule has 0 radical (unpaired) electrons. The smallest absolute Gasteiger partial charge is 0.349 e. The number of rotatable bonds is 4. The molecular formula is C22H23N3O3. The molecule has 6 heteroatoms. The minimum absolute atomic E-state index is 0.0706. The van der Waals surface area contributed by atoms with Crippen molar-refractivity contribution in [2.75, 3.05) is 13.1 Å². The molecule has 1 unspecified atom stereocenters. The van der Waals surface area contributed by atoms with Gasteiger partial charge >= 0.3 is 5.63 Å². The fourth-order valence-electron chi connectivity index (χ4n) is 3.69. The molecule has 3 heterocycles. The number of para-hydroxylation sites is 1. The summed E-state index contributed by atoms with van der Waals surface area (Å²) in [7, 11) is 0. The molecule has 28 heavy (non-hydrogen) atoms. The van der Waals surface area contributed by atoms with Crippen LogP contribution in [0.4, 0.5) is 0 Å². The van der Waals surface area contributed by atoms with Crippen LogP contribution >= 0.6 is 0 Å². The molecule has 1 fully saturated rings. The average Bonchev–Trinajstić information content (AvgIpc) is 2.72. The number of nitrogens with zero attached hydrogens (tertiary/aromatic N) is 1. The summed E-state index contributed by atoms with van der Waals surface area (Å²) < 4.78 is 5.49. The van der Waals surface area contributed by atoms with Gasteiger partial charge in [0.15, 0.2) is 0 Å². The number of nitrogens with one attached hydrogen (secondary N) is 2. The number of amides is 1. The molecule has 0 spiro atoms. The van der Waals surface area contributed by atoms with Crippen LogP contribution in [0, 0.1) is 6.92 Å². The monoisotopic (exact) mass is 377 g/mol. The van der Waals surface area contributed by atoms with Crippen LogP contribution < -0.4 is 16.3 Å². The van der Waals surface area contributed by atoms with E-state index in [1.54, 1.807) is 13.1 Å². The highest BCUT2D eigenvalue weighted by Gasteiger charge is 2.22. The average molecular weight is 377 g/mol. The van der Waals surface area contributed by atoms with Gasteiger partial charge in [-0.2, -0.15) is 0 Å². The number of hydrogen-bond donors (Lipinski definition) is 2. The molecule has 1 atom stereocenters. The van der Waals surface area contributed by atoms with E-state index in [0.29, 0.717) is 17.9 Å². The minimum atomic E-state index is -0.574. The number of aromatic nitrogens is 1. The van der Waals surface area contributed by atoms with Crippen LogP contribution in [0.15, 0.2) is 51.8 Å². The number of carbonyl (C=O) groups is 1. The maximum absolute atomic E-state index is 12.6. The second-order valence-corrected chi connectivity index (χ2v) is 7.26. The number of aryl methyl sites for hydroxylation is 1. The Hall–Kier alpha value is -2.99. The standard InChI is InChI=1S/C22H23N3O3/c1-14-9-19(17-6-4-8-23-13-17)28-22(27)20(14)21(26)25-12-15-10-16-5-2-3-7-18(16)24-11-15/h2-3,5,7,9-11,17,23H,4,6,8,12-13H2,1H3,(H,25,26). The second kappa shape index (κ2) is 7.94. The molecule has 3 aromatic rings. The van der Waals surface area contributed by atoms with Gasteiger partial charge in [-0.05, 0) is 55.6 Å². The van der Waals surface area contributed by atoms with Gasteiger partial charge in [0, 0.05) is 30.6 Å². The van der Waals surface area contributed by atoms with Crippen LogP contribution in [-0.2, 0) is 6.54 Å². The number of fused-ring (bicyclic) bond motifs is 1. The maximum atomic E-state index is 12.6. The van der Waals surface area contributed by atoms with E-state index in [0.717, 1.165) is 42.4 Å². The summed E-state index contributed by atoms with van der Waals surface area (Å²) in [6, 6.07) is 11.6. The van der Waals surface area contributed by atoms with Crippen molar-refractivity contribution in [2.45, 2.75) is 32.2 Å². The molecule has 144 valence electrons. The van der Waals surface area contributed by atoms with Gasteiger partial charge in [0.2, 0.25) is 0 Å². The van der Waals surface area contributed by atoms with E-state index in [1.165, 1.54) is 0 Å².